The number of carboxylic acid groups (broad SMARTS) is 1. The van der Waals surface area contributed by atoms with E-state index in [1.807, 2.05) is 0 Å². The van der Waals surface area contributed by atoms with E-state index in [9.17, 15) is 9.59 Å². The lowest BCUT2D eigenvalue weighted by Gasteiger charge is -2.19. The quantitative estimate of drug-likeness (QED) is 0.839. The second-order valence-electron chi connectivity index (χ2n) is 5.53. The van der Waals surface area contributed by atoms with Gasteiger partial charge in [-0.1, -0.05) is 23.4 Å². The minimum Gasteiger partial charge on any atom is -0.481 e. The van der Waals surface area contributed by atoms with E-state index in [1.54, 1.807) is 39.0 Å². The number of alkyl carbamates (subject to hydrolysis) is 1. The number of hydrogen-bond acceptors (Lipinski definition) is 3. The molecule has 0 atom stereocenters. The molecule has 1 rings (SSSR count). The van der Waals surface area contributed by atoms with Crippen LogP contribution in [0, 0.1) is 11.8 Å². The molecule has 0 aliphatic heterocycles. The monoisotopic (exact) mass is 323 g/mol. The van der Waals surface area contributed by atoms with Crippen molar-refractivity contribution < 1.29 is 19.4 Å². The van der Waals surface area contributed by atoms with E-state index < -0.39 is 17.7 Å². The third-order valence-corrected chi connectivity index (χ3v) is 2.71. The summed E-state index contributed by atoms with van der Waals surface area (Å²) in [7, 11) is 0. The molecule has 0 aromatic heterocycles. The number of hydrogen-bond donors (Lipinski definition) is 2. The number of halogens is 1. The van der Waals surface area contributed by atoms with E-state index in [2.05, 4.69) is 17.2 Å². The number of carboxylic acids is 1. The SMILES string of the molecule is CC(C)(C)OC(=O)NCC#Cc1ccc(Cl)c(CC(=O)O)c1. The lowest BCUT2D eigenvalue weighted by Crippen LogP contribution is -2.32. The number of aliphatic carboxylic acids is 1. The first-order valence-corrected chi connectivity index (χ1v) is 7.01. The number of ether oxygens (including phenoxy) is 1. The Kier molecular flexibility index (Phi) is 6.26. The Morgan fingerprint density at radius 1 is 1.36 bits per heavy atom. The van der Waals surface area contributed by atoms with E-state index in [-0.39, 0.29) is 13.0 Å². The molecular weight excluding hydrogens is 306 g/mol. The maximum absolute atomic E-state index is 11.4. The molecule has 1 aromatic rings. The van der Waals surface area contributed by atoms with Crippen LogP contribution in [-0.2, 0) is 16.0 Å². The van der Waals surface area contributed by atoms with Crippen LogP contribution in [0.5, 0.6) is 0 Å². The summed E-state index contributed by atoms with van der Waals surface area (Å²) < 4.78 is 5.07. The zero-order valence-electron chi connectivity index (χ0n) is 12.7. The zero-order chi connectivity index (χ0) is 16.8. The maximum Gasteiger partial charge on any atom is 0.408 e. The molecule has 1 amide bonds. The Morgan fingerprint density at radius 3 is 2.64 bits per heavy atom. The van der Waals surface area contributed by atoms with Gasteiger partial charge in [-0.05, 0) is 44.5 Å². The summed E-state index contributed by atoms with van der Waals surface area (Å²) in [5, 5.41) is 11.7. The smallest absolute Gasteiger partial charge is 0.408 e. The molecule has 0 saturated carbocycles. The second kappa shape index (κ2) is 7.71. The van der Waals surface area contributed by atoms with Gasteiger partial charge in [-0.25, -0.2) is 4.79 Å². The third kappa shape index (κ3) is 7.00. The highest BCUT2D eigenvalue weighted by atomic mass is 35.5. The van der Waals surface area contributed by atoms with Crippen LogP contribution in [-0.4, -0.2) is 29.3 Å². The molecule has 0 aliphatic rings. The molecule has 6 heteroatoms. The van der Waals surface area contributed by atoms with Gasteiger partial charge in [-0.15, -0.1) is 0 Å². The van der Waals surface area contributed by atoms with Gasteiger partial charge in [-0.2, -0.15) is 0 Å². The molecule has 0 unspecified atom stereocenters. The summed E-state index contributed by atoms with van der Waals surface area (Å²) in [5.41, 5.74) is 0.576. The van der Waals surface area contributed by atoms with Crippen molar-refractivity contribution in [1.82, 2.24) is 5.32 Å². The van der Waals surface area contributed by atoms with Gasteiger partial charge in [0.05, 0.1) is 13.0 Å². The van der Waals surface area contributed by atoms with Crippen molar-refractivity contribution in [3.63, 3.8) is 0 Å². The van der Waals surface area contributed by atoms with Crippen molar-refractivity contribution >= 4 is 23.7 Å². The normalized spacial score (nSPS) is 10.4. The highest BCUT2D eigenvalue weighted by molar-refractivity contribution is 6.31. The first-order chi connectivity index (χ1) is 10.2. The van der Waals surface area contributed by atoms with Gasteiger partial charge in [0, 0.05) is 10.6 Å². The molecule has 0 spiro atoms. The molecule has 118 valence electrons. The van der Waals surface area contributed by atoms with Crippen LogP contribution in [0.25, 0.3) is 0 Å². The van der Waals surface area contributed by atoms with E-state index in [1.165, 1.54) is 0 Å². The summed E-state index contributed by atoms with van der Waals surface area (Å²) in [6, 6.07) is 4.91. The van der Waals surface area contributed by atoms with Crippen LogP contribution >= 0.6 is 11.6 Å². The second-order valence-corrected chi connectivity index (χ2v) is 5.94. The first-order valence-electron chi connectivity index (χ1n) is 6.63. The number of rotatable bonds is 3. The summed E-state index contributed by atoms with van der Waals surface area (Å²) in [6.45, 7) is 5.45. The van der Waals surface area contributed by atoms with Crippen LogP contribution in [0.1, 0.15) is 31.9 Å². The molecular formula is C16H18ClNO4. The number of benzene rings is 1. The lowest BCUT2D eigenvalue weighted by molar-refractivity contribution is -0.136. The van der Waals surface area contributed by atoms with Crippen molar-refractivity contribution in [1.29, 1.82) is 0 Å². The van der Waals surface area contributed by atoms with E-state index in [0.717, 1.165) is 0 Å². The van der Waals surface area contributed by atoms with E-state index in [0.29, 0.717) is 16.1 Å². The van der Waals surface area contributed by atoms with Gasteiger partial charge < -0.3 is 15.2 Å². The van der Waals surface area contributed by atoms with Gasteiger partial charge in [0.2, 0.25) is 0 Å². The minimum atomic E-state index is -0.960. The Labute approximate surface area is 134 Å². The summed E-state index contributed by atoms with van der Waals surface area (Å²) in [6.07, 6.45) is -0.700. The molecule has 0 aliphatic carbocycles. The molecule has 0 heterocycles. The van der Waals surface area contributed by atoms with Crippen molar-refractivity contribution in [2.75, 3.05) is 6.54 Å². The van der Waals surface area contributed by atoms with Gasteiger partial charge in [0.15, 0.2) is 0 Å². The van der Waals surface area contributed by atoms with Crippen LogP contribution in [0.2, 0.25) is 5.02 Å². The Balaban J connectivity index is 2.61. The van der Waals surface area contributed by atoms with Crippen LogP contribution in [0.3, 0.4) is 0 Å². The lowest BCUT2D eigenvalue weighted by atomic mass is 10.1. The van der Waals surface area contributed by atoms with Crippen LogP contribution < -0.4 is 5.32 Å². The molecule has 2 N–H and O–H groups in total. The predicted molar refractivity (Wildman–Crippen MR) is 83.9 cm³/mol. The maximum atomic E-state index is 11.4. The van der Waals surface area contributed by atoms with Crippen molar-refractivity contribution in [3.05, 3.63) is 34.3 Å². The molecule has 0 saturated heterocycles. The Hall–Kier alpha value is -2.19. The van der Waals surface area contributed by atoms with Gasteiger partial charge in [0.1, 0.15) is 5.60 Å². The summed E-state index contributed by atoms with van der Waals surface area (Å²) in [4.78, 5) is 22.1. The molecule has 0 radical (unpaired) electrons. The Morgan fingerprint density at radius 2 is 2.05 bits per heavy atom. The number of nitrogens with one attached hydrogen (secondary N) is 1. The standard InChI is InChI=1S/C16H18ClNO4/c1-16(2,3)22-15(21)18-8-4-5-11-6-7-13(17)12(9-11)10-14(19)20/h6-7,9H,8,10H2,1-3H3,(H,18,21)(H,19,20). The van der Waals surface area contributed by atoms with E-state index >= 15 is 0 Å². The number of amides is 1. The fourth-order valence-electron chi connectivity index (χ4n) is 1.53. The number of carbonyl (C=O) groups is 2. The molecule has 22 heavy (non-hydrogen) atoms. The van der Waals surface area contributed by atoms with Gasteiger partial charge in [0.25, 0.3) is 0 Å². The largest absolute Gasteiger partial charge is 0.481 e. The fourth-order valence-corrected chi connectivity index (χ4v) is 1.71. The van der Waals surface area contributed by atoms with Gasteiger partial charge >= 0.3 is 12.1 Å². The third-order valence-electron chi connectivity index (χ3n) is 2.34. The van der Waals surface area contributed by atoms with Crippen molar-refractivity contribution in [2.24, 2.45) is 0 Å². The molecule has 0 fully saturated rings. The molecule has 5 nitrogen and oxygen atoms in total. The van der Waals surface area contributed by atoms with Crippen LogP contribution in [0.15, 0.2) is 18.2 Å². The summed E-state index contributed by atoms with van der Waals surface area (Å²) in [5.74, 6) is 4.64. The highest BCUT2D eigenvalue weighted by Crippen LogP contribution is 2.17. The average Bonchev–Trinajstić information content (AvgIpc) is 2.35. The molecule has 1 aromatic carbocycles. The van der Waals surface area contributed by atoms with Crippen molar-refractivity contribution in [3.8, 4) is 11.8 Å². The fraction of sp³-hybridized carbons (Fsp3) is 0.375. The minimum absolute atomic E-state index is 0.131. The average molecular weight is 324 g/mol. The van der Waals surface area contributed by atoms with Crippen molar-refractivity contribution in [2.45, 2.75) is 32.8 Å². The van der Waals surface area contributed by atoms with Crippen LogP contribution in [0.4, 0.5) is 4.79 Å². The van der Waals surface area contributed by atoms with Gasteiger partial charge in [-0.3, -0.25) is 4.79 Å². The first kappa shape index (κ1) is 17.9. The summed E-state index contributed by atoms with van der Waals surface area (Å²) >= 11 is 5.92. The Bertz CT molecular complexity index is 623. The van der Waals surface area contributed by atoms with E-state index in [4.69, 9.17) is 21.4 Å². The predicted octanol–water partition coefficient (Wildman–Crippen LogP) is 2.84. The topological polar surface area (TPSA) is 75.6 Å². The highest BCUT2D eigenvalue weighted by Gasteiger charge is 2.15. The molecule has 0 bridgehead atoms. The number of carbonyl (C=O) groups excluding carboxylic acids is 1. The zero-order valence-corrected chi connectivity index (χ0v) is 13.5.